The van der Waals surface area contributed by atoms with Crippen LogP contribution in [0.5, 0.6) is 0 Å². The van der Waals surface area contributed by atoms with Crippen LogP contribution in [0.4, 0.5) is 0 Å². The quantitative estimate of drug-likeness (QED) is 0.760. The zero-order valence-electron chi connectivity index (χ0n) is 7.97. The predicted molar refractivity (Wildman–Crippen MR) is 57.3 cm³/mol. The lowest BCUT2D eigenvalue weighted by Gasteiger charge is -2.12. The Hall–Kier alpha value is -1.17. The van der Waals surface area contributed by atoms with Crippen LogP contribution in [-0.4, -0.2) is 33.6 Å². The van der Waals surface area contributed by atoms with Crippen molar-refractivity contribution in [3.8, 4) is 0 Å². The summed E-state index contributed by atoms with van der Waals surface area (Å²) in [6, 6.07) is 0. The van der Waals surface area contributed by atoms with Gasteiger partial charge >= 0.3 is 5.97 Å². The average molecular weight is 226 g/mol. The standard InChI is InChI=1S/C9H10N2O3S/c12-7(13)4-15-9-10-6-3-1-2-5(6)8(14)11-9/h5H,1-4H2,(H,12,13). The van der Waals surface area contributed by atoms with E-state index in [-0.39, 0.29) is 17.6 Å². The molecule has 1 atom stereocenters. The van der Waals surface area contributed by atoms with Crippen LogP contribution in [0.1, 0.15) is 19.3 Å². The van der Waals surface area contributed by atoms with E-state index in [1.807, 2.05) is 0 Å². The Morgan fingerprint density at radius 1 is 1.53 bits per heavy atom. The number of carboxylic acids is 1. The fourth-order valence-corrected chi connectivity index (χ4v) is 2.33. The first-order chi connectivity index (χ1) is 7.16. The zero-order valence-corrected chi connectivity index (χ0v) is 8.79. The van der Waals surface area contributed by atoms with Gasteiger partial charge in [-0.05, 0) is 19.3 Å². The summed E-state index contributed by atoms with van der Waals surface area (Å²) in [5.74, 6) is -1.32. The summed E-state index contributed by atoms with van der Waals surface area (Å²) in [5, 5.41) is 8.79. The molecule has 6 heteroatoms. The molecule has 0 saturated heterocycles. The van der Waals surface area contributed by atoms with Crippen molar-refractivity contribution < 1.29 is 14.7 Å². The molecule has 15 heavy (non-hydrogen) atoms. The van der Waals surface area contributed by atoms with Crippen LogP contribution < -0.4 is 0 Å². The van der Waals surface area contributed by atoms with Crippen LogP contribution in [0.15, 0.2) is 9.98 Å². The Balaban J connectivity index is 2.07. The molecule has 1 aliphatic heterocycles. The normalized spacial score (nSPS) is 24.5. The molecule has 2 rings (SSSR count). The van der Waals surface area contributed by atoms with Crippen LogP contribution in [-0.2, 0) is 9.59 Å². The van der Waals surface area contributed by atoms with E-state index in [9.17, 15) is 9.59 Å². The van der Waals surface area contributed by atoms with Gasteiger partial charge < -0.3 is 5.11 Å². The number of aliphatic imine (C=N–C) groups is 2. The molecule has 5 nitrogen and oxygen atoms in total. The number of hydrogen-bond donors (Lipinski definition) is 1. The van der Waals surface area contributed by atoms with E-state index in [0.29, 0.717) is 5.17 Å². The SMILES string of the molecule is O=C(O)CSC1=NC(=O)C2CCCC2=N1. The highest BCUT2D eigenvalue weighted by molar-refractivity contribution is 8.14. The molecule has 0 spiro atoms. The lowest BCUT2D eigenvalue weighted by molar-refractivity contribution is -0.133. The van der Waals surface area contributed by atoms with Crippen molar-refractivity contribution in [3.63, 3.8) is 0 Å². The third-order valence-corrected chi connectivity index (χ3v) is 3.23. The second kappa shape index (κ2) is 4.14. The summed E-state index contributed by atoms with van der Waals surface area (Å²) in [6.07, 6.45) is 2.64. The average Bonchev–Trinajstić information content (AvgIpc) is 2.63. The van der Waals surface area contributed by atoms with Crippen LogP contribution in [0.2, 0.25) is 0 Å². The van der Waals surface area contributed by atoms with E-state index in [2.05, 4.69) is 9.98 Å². The highest BCUT2D eigenvalue weighted by Crippen LogP contribution is 2.28. The van der Waals surface area contributed by atoms with Crippen molar-refractivity contribution in [2.24, 2.45) is 15.9 Å². The Labute approximate surface area is 90.7 Å². The highest BCUT2D eigenvalue weighted by Gasteiger charge is 2.32. The molecule has 1 saturated carbocycles. The highest BCUT2D eigenvalue weighted by atomic mass is 32.2. The van der Waals surface area contributed by atoms with Crippen LogP contribution >= 0.6 is 11.8 Å². The monoisotopic (exact) mass is 226 g/mol. The molecule has 1 heterocycles. The molecule has 1 unspecified atom stereocenters. The van der Waals surface area contributed by atoms with Gasteiger partial charge in [-0.15, -0.1) is 0 Å². The smallest absolute Gasteiger partial charge is 0.313 e. The third-order valence-electron chi connectivity index (χ3n) is 2.40. The van der Waals surface area contributed by atoms with Crippen molar-refractivity contribution >= 4 is 34.5 Å². The van der Waals surface area contributed by atoms with Gasteiger partial charge in [-0.25, -0.2) is 4.99 Å². The molecule has 0 radical (unpaired) electrons. The number of fused-ring (bicyclic) bond motifs is 1. The number of carbonyl (C=O) groups excluding carboxylic acids is 1. The molecule has 1 amide bonds. The lowest BCUT2D eigenvalue weighted by Crippen LogP contribution is -2.23. The maximum Gasteiger partial charge on any atom is 0.313 e. The number of amidine groups is 1. The van der Waals surface area contributed by atoms with Crippen LogP contribution in [0, 0.1) is 5.92 Å². The number of amides is 1. The summed E-state index contributed by atoms with van der Waals surface area (Å²) in [5.41, 5.74) is 0.878. The van der Waals surface area contributed by atoms with Gasteiger partial charge in [-0.1, -0.05) is 11.8 Å². The van der Waals surface area contributed by atoms with Crippen molar-refractivity contribution in [2.45, 2.75) is 19.3 Å². The first-order valence-electron chi connectivity index (χ1n) is 4.71. The minimum atomic E-state index is -0.927. The van der Waals surface area contributed by atoms with Crippen LogP contribution in [0.25, 0.3) is 0 Å². The maximum absolute atomic E-state index is 11.5. The Morgan fingerprint density at radius 2 is 2.33 bits per heavy atom. The van der Waals surface area contributed by atoms with Gasteiger partial charge in [0.2, 0.25) is 0 Å². The largest absolute Gasteiger partial charge is 0.481 e. The minimum absolute atomic E-state index is 0.104. The van der Waals surface area contributed by atoms with E-state index in [1.165, 1.54) is 0 Å². The number of nitrogens with zero attached hydrogens (tertiary/aromatic N) is 2. The number of carboxylic acid groups (broad SMARTS) is 1. The molecule has 1 aliphatic carbocycles. The van der Waals surface area contributed by atoms with Crippen molar-refractivity contribution in [1.29, 1.82) is 0 Å². The van der Waals surface area contributed by atoms with E-state index in [1.54, 1.807) is 0 Å². The number of rotatable bonds is 2. The molecule has 1 fully saturated rings. The summed E-state index contributed by atoms with van der Waals surface area (Å²) in [7, 11) is 0. The summed E-state index contributed by atoms with van der Waals surface area (Å²) >= 11 is 1.00. The van der Waals surface area contributed by atoms with Gasteiger partial charge in [0.1, 0.15) is 0 Å². The molecule has 0 aromatic carbocycles. The first kappa shape index (κ1) is 10.4. The molecule has 80 valence electrons. The fraction of sp³-hybridized carbons (Fsp3) is 0.556. The molecule has 0 aromatic rings. The summed E-state index contributed by atoms with van der Waals surface area (Å²) < 4.78 is 0. The third kappa shape index (κ3) is 2.26. The van der Waals surface area contributed by atoms with Gasteiger partial charge in [0, 0.05) is 5.71 Å². The fourth-order valence-electron chi connectivity index (χ4n) is 1.74. The van der Waals surface area contributed by atoms with E-state index in [0.717, 1.165) is 36.7 Å². The van der Waals surface area contributed by atoms with Crippen molar-refractivity contribution in [2.75, 3.05) is 5.75 Å². The molecule has 2 aliphatic rings. The minimum Gasteiger partial charge on any atom is -0.481 e. The molecular formula is C9H10N2O3S. The second-order valence-electron chi connectivity index (χ2n) is 3.46. The lowest BCUT2D eigenvalue weighted by atomic mass is 10.1. The topological polar surface area (TPSA) is 79.1 Å². The van der Waals surface area contributed by atoms with Gasteiger partial charge in [-0.3, -0.25) is 9.59 Å². The second-order valence-corrected chi connectivity index (χ2v) is 4.41. The molecule has 0 bridgehead atoms. The first-order valence-corrected chi connectivity index (χ1v) is 5.70. The molecule has 0 aromatic heterocycles. The van der Waals surface area contributed by atoms with E-state index >= 15 is 0 Å². The van der Waals surface area contributed by atoms with Gasteiger partial charge in [0.05, 0.1) is 11.7 Å². The van der Waals surface area contributed by atoms with Crippen LogP contribution in [0.3, 0.4) is 0 Å². The Bertz CT molecular complexity index is 376. The van der Waals surface area contributed by atoms with Gasteiger partial charge in [0.25, 0.3) is 5.91 Å². The number of aliphatic carboxylic acids is 1. The number of thioether (sulfide) groups is 1. The summed E-state index contributed by atoms with van der Waals surface area (Å²) in [6.45, 7) is 0. The zero-order chi connectivity index (χ0) is 10.8. The molecule has 1 N–H and O–H groups in total. The van der Waals surface area contributed by atoms with Gasteiger partial charge in [0.15, 0.2) is 5.17 Å². The summed E-state index contributed by atoms with van der Waals surface area (Å²) in [4.78, 5) is 29.8. The number of carbonyl (C=O) groups is 2. The Morgan fingerprint density at radius 3 is 3.07 bits per heavy atom. The van der Waals surface area contributed by atoms with Gasteiger partial charge in [-0.2, -0.15) is 4.99 Å². The number of hydrogen-bond acceptors (Lipinski definition) is 4. The Kier molecular flexibility index (Phi) is 2.86. The van der Waals surface area contributed by atoms with Crippen molar-refractivity contribution in [1.82, 2.24) is 0 Å². The van der Waals surface area contributed by atoms with Crippen molar-refractivity contribution in [3.05, 3.63) is 0 Å². The van der Waals surface area contributed by atoms with E-state index < -0.39 is 5.97 Å². The van der Waals surface area contributed by atoms with E-state index in [4.69, 9.17) is 5.11 Å². The predicted octanol–water partition coefficient (Wildman–Crippen LogP) is 0.942. The maximum atomic E-state index is 11.5. The molecular weight excluding hydrogens is 216 g/mol.